The predicted octanol–water partition coefficient (Wildman–Crippen LogP) is 33.4. The van der Waals surface area contributed by atoms with Crippen molar-refractivity contribution in [3.05, 3.63) is 153 Å². The van der Waals surface area contributed by atoms with Gasteiger partial charge in [-0.15, -0.1) is 125 Å². The van der Waals surface area contributed by atoms with E-state index in [-0.39, 0.29) is 23.7 Å². The van der Waals surface area contributed by atoms with Gasteiger partial charge in [0, 0.05) is 150 Å². The maximum atomic E-state index is 16.5. The van der Waals surface area contributed by atoms with E-state index in [4.69, 9.17) is 4.98 Å². The van der Waals surface area contributed by atoms with Crippen LogP contribution in [0.3, 0.4) is 0 Å². The van der Waals surface area contributed by atoms with Crippen LogP contribution in [0.1, 0.15) is 249 Å². The fourth-order valence-electron chi connectivity index (χ4n) is 16.8. The van der Waals surface area contributed by atoms with E-state index in [0.29, 0.717) is 24.2 Å². The number of rotatable bonds is 41. The highest BCUT2D eigenvalue weighted by molar-refractivity contribution is 7.30. The van der Waals surface area contributed by atoms with Crippen LogP contribution in [-0.4, -0.2) is 39.7 Å². The molecule has 2 aromatic carbocycles. The number of carbonyl (C=O) groups excluding carboxylic acids is 2. The van der Waals surface area contributed by atoms with E-state index in [9.17, 15) is 0 Å². The Hall–Kier alpha value is -5.47. The number of hydrogen-bond acceptors (Lipinski definition) is 14. The molecule has 0 bridgehead atoms. The Kier molecular flexibility index (Phi) is 27.1. The second-order valence-electron chi connectivity index (χ2n) is 31.2. The Balaban J connectivity index is 0.884. The number of fused-ring (bicyclic) bond motifs is 5. The van der Waals surface area contributed by atoms with E-state index in [1.165, 1.54) is 234 Å². The first-order valence-electron chi connectivity index (χ1n) is 42.0. The number of aryl methyl sites for hydroxylation is 6. The van der Waals surface area contributed by atoms with Gasteiger partial charge in [-0.05, 0) is 187 Å². The number of unbranched alkanes of at least 4 members (excludes halogenated alkanes) is 14. The van der Waals surface area contributed by atoms with Crippen molar-refractivity contribution in [2.24, 2.45) is 11.8 Å². The first-order valence-corrected chi connectivity index (χ1v) is 51.0. The Morgan fingerprint density at radius 2 is 0.649 bits per heavy atom. The number of thiazole rings is 1. The minimum atomic E-state index is -0.0231. The zero-order valence-electron chi connectivity index (χ0n) is 66.8. The summed E-state index contributed by atoms with van der Waals surface area (Å²) in [5, 5.41) is 6.40. The van der Waals surface area contributed by atoms with Gasteiger partial charge in [-0.25, -0.2) is 4.98 Å². The summed E-state index contributed by atoms with van der Waals surface area (Å²) >= 11 is 21.0. The first-order chi connectivity index (χ1) is 54.3. The number of aromatic nitrogens is 1. The first kappa shape index (κ1) is 80.7. The van der Waals surface area contributed by atoms with Crippen LogP contribution in [0.2, 0.25) is 0 Å². The largest absolute Gasteiger partial charge is 0.306 e. The fraction of sp³-hybridized carbons (Fsp3) is 0.442. The van der Waals surface area contributed by atoms with E-state index in [1.807, 2.05) is 96.9 Å². The molecule has 2 unspecified atom stereocenters. The molecule has 0 spiro atoms. The van der Waals surface area contributed by atoms with Crippen LogP contribution in [0.25, 0.3) is 123 Å². The molecule has 13 heterocycles. The summed E-state index contributed by atoms with van der Waals surface area (Å²) in [6.45, 7) is 24.0. The zero-order chi connectivity index (χ0) is 76.8. The molecule has 0 radical (unpaired) electrons. The lowest BCUT2D eigenvalue weighted by Crippen LogP contribution is -2.34. The smallest absolute Gasteiger partial charge is 0.261 e. The minimum absolute atomic E-state index is 0.0231. The van der Waals surface area contributed by atoms with Gasteiger partial charge in [0.05, 0.1) is 37.2 Å². The molecule has 11 aromatic heterocycles. The van der Waals surface area contributed by atoms with Gasteiger partial charge >= 0.3 is 0 Å². The lowest BCUT2D eigenvalue weighted by Gasteiger charge is -2.29. The Morgan fingerprint density at radius 3 is 1.00 bits per heavy atom. The number of amides is 2. The standard InChI is InChI=1S/C95H109N3O2S11/c1-11-19-25-29-35-62-39-43-72(103-62)81-66-51-58(9)101-89(66)82(73-44-40-63(104-73)36-30-26-20-12-2)67-52-78(109-90(67)81)70-47-49-76(107-70)87-85-86(95(100)97(87)56-60(17-7)33-23-15-5)88(98(94(85)99)57-61(18-8)34-24-16-6)77-50-48-71(108-77)79-53-68-83(74-45-41-64(105-74)37-31-27-21-13-3)92-69(54-80(111-92)93-96-55-59(10)102-93)84(91(68)110-79)75-46-42-65(106-75)38-32-28-22-14-4/h39-55,60-61H,11-38,56-57H2,1-10H3. The monoisotopic (exact) mass is 1680 g/mol. The van der Waals surface area contributed by atoms with Gasteiger partial charge in [-0.3, -0.25) is 9.59 Å². The number of carbonyl (C=O) groups is 2. The summed E-state index contributed by atoms with van der Waals surface area (Å²) in [6.07, 6.45) is 34.9. The van der Waals surface area contributed by atoms with Crippen LogP contribution in [-0.2, 0) is 35.3 Å². The average Bonchev–Trinajstić information content (AvgIpc) is 1.56. The molecule has 0 saturated heterocycles. The van der Waals surface area contributed by atoms with Gasteiger partial charge in [-0.2, -0.15) is 0 Å². The molecule has 2 aliphatic heterocycles. The second-order valence-corrected chi connectivity index (χ2v) is 43.7. The zero-order valence-corrected chi connectivity index (χ0v) is 75.8. The van der Waals surface area contributed by atoms with E-state index >= 15 is 9.59 Å². The highest BCUT2D eigenvalue weighted by Gasteiger charge is 2.50. The van der Waals surface area contributed by atoms with Crippen LogP contribution in [0.15, 0.2) is 114 Å². The quantitative estimate of drug-likeness (QED) is 0.0359. The van der Waals surface area contributed by atoms with Gasteiger partial charge in [0.1, 0.15) is 5.01 Å². The highest BCUT2D eigenvalue weighted by Crippen LogP contribution is 2.59. The molecule has 0 saturated carbocycles. The second kappa shape index (κ2) is 37.2. The summed E-state index contributed by atoms with van der Waals surface area (Å²) < 4.78 is 5.39. The molecule has 0 fully saturated rings. The van der Waals surface area contributed by atoms with E-state index < -0.39 is 0 Å². The summed E-state index contributed by atoms with van der Waals surface area (Å²) in [5.41, 5.74) is 8.23. The molecule has 16 heteroatoms. The van der Waals surface area contributed by atoms with Crippen molar-refractivity contribution < 1.29 is 9.59 Å². The van der Waals surface area contributed by atoms with Crippen LogP contribution in [0.4, 0.5) is 0 Å². The van der Waals surface area contributed by atoms with Gasteiger partial charge in [0.2, 0.25) is 0 Å². The van der Waals surface area contributed by atoms with Crippen molar-refractivity contribution in [3.63, 3.8) is 0 Å². The van der Waals surface area contributed by atoms with Crippen LogP contribution in [0.5, 0.6) is 0 Å². The molecule has 5 nitrogen and oxygen atoms in total. The number of benzene rings is 2. The number of thiophene rings is 10. The molecule has 111 heavy (non-hydrogen) atoms. The van der Waals surface area contributed by atoms with Crippen molar-refractivity contribution in [2.75, 3.05) is 13.1 Å². The van der Waals surface area contributed by atoms with Gasteiger partial charge in [0.15, 0.2) is 0 Å². The normalized spacial score (nSPS) is 14.1. The number of hydrogen-bond donors (Lipinski definition) is 0. The molecular formula is C95H109N3O2S11. The third-order valence-corrected chi connectivity index (χ3v) is 35.8. The summed E-state index contributed by atoms with van der Waals surface area (Å²) in [6, 6.07) is 38.4. The summed E-state index contributed by atoms with van der Waals surface area (Å²) in [4.78, 5) is 64.0. The van der Waals surface area contributed by atoms with Gasteiger partial charge in [0.25, 0.3) is 11.8 Å². The van der Waals surface area contributed by atoms with Crippen LogP contribution < -0.4 is 0 Å². The Bertz CT molecular complexity index is 5260. The van der Waals surface area contributed by atoms with E-state index in [1.54, 1.807) is 34.0 Å². The Morgan fingerprint density at radius 1 is 0.315 bits per heavy atom. The molecule has 0 aliphatic carbocycles. The number of nitrogens with zero attached hydrogens (tertiary/aromatic N) is 3. The van der Waals surface area contributed by atoms with Crippen LogP contribution in [0, 0.1) is 25.7 Å². The topological polar surface area (TPSA) is 53.5 Å². The summed E-state index contributed by atoms with van der Waals surface area (Å²) in [5.74, 6) is 0.515. The third-order valence-electron chi connectivity index (χ3n) is 22.9. The van der Waals surface area contributed by atoms with Crippen molar-refractivity contribution in [1.82, 2.24) is 14.8 Å². The minimum Gasteiger partial charge on any atom is -0.306 e. The van der Waals surface area contributed by atoms with Crippen LogP contribution >= 0.6 is 125 Å². The average molecular weight is 1680 g/mol. The van der Waals surface area contributed by atoms with Gasteiger partial charge in [-0.1, -0.05) is 171 Å². The molecule has 0 N–H and O–H groups in total. The lowest BCUT2D eigenvalue weighted by atomic mass is 9.98. The van der Waals surface area contributed by atoms with Gasteiger partial charge < -0.3 is 9.80 Å². The summed E-state index contributed by atoms with van der Waals surface area (Å²) in [7, 11) is 0. The van der Waals surface area contributed by atoms with Crippen molar-refractivity contribution in [2.45, 2.75) is 249 Å². The molecule has 15 rings (SSSR count). The highest BCUT2D eigenvalue weighted by atomic mass is 32.1. The van der Waals surface area contributed by atoms with E-state index in [2.05, 4.69) is 176 Å². The molecule has 2 amide bonds. The fourth-order valence-corrected chi connectivity index (χ4v) is 29.4. The maximum Gasteiger partial charge on any atom is 0.261 e. The molecule has 2 atom stereocenters. The van der Waals surface area contributed by atoms with Crippen molar-refractivity contribution in [3.8, 4) is 71.2 Å². The molecule has 13 aromatic rings. The SMILES string of the molecule is CCCCCCc1ccc(-c2c3cc(-c4ccc(C5=C6C(=O)N(CC(CC)CCCC)C(c7ccc(-c8cc9c(-c%10ccc(CCCCCC)s%10)c%10sc(-c%11ncc(C)s%11)cc%10c(-c%10ccc(CCCCCC)s%10)c9s8)s7)=C6C(=O)N5CC(CC)CCCC)s4)sc3c(-c3ccc(CCCCCC)s3)c3cc(C)sc23)s1. The van der Waals surface area contributed by atoms with E-state index in [0.717, 1.165) is 108 Å². The van der Waals surface area contributed by atoms with Crippen molar-refractivity contribution in [1.29, 1.82) is 0 Å². The van der Waals surface area contributed by atoms with Crippen molar-refractivity contribution >= 4 is 188 Å². The molecular weight excluding hydrogens is 1570 g/mol. The maximum absolute atomic E-state index is 16.5. The molecule has 582 valence electrons. The predicted molar refractivity (Wildman–Crippen MR) is 500 cm³/mol. The Labute approximate surface area is 704 Å². The lowest BCUT2D eigenvalue weighted by molar-refractivity contribution is -0.124. The third kappa shape index (κ3) is 17.1. The molecule has 2 aliphatic rings.